The van der Waals surface area contributed by atoms with E-state index in [1.807, 2.05) is 0 Å². The zero-order valence-corrected chi connectivity index (χ0v) is 18.9. The van der Waals surface area contributed by atoms with Crippen molar-refractivity contribution in [2.45, 2.75) is 17.9 Å². The van der Waals surface area contributed by atoms with Crippen molar-refractivity contribution in [3.63, 3.8) is 0 Å². The maximum atomic E-state index is 13.1. The van der Waals surface area contributed by atoms with Crippen LogP contribution in [0.2, 0.25) is 10.0 Å². The molecule has 1 N–H and O–H groups in total. The van der Waals surface area contributed by atoms with E-state index in [0.29, 0.717) is 21.8 Å². The van der Waals surface area contributed by atoms with Gasteiger partial charge in [0.05, 0.1) is 5.02 Å². The first-order chi connectivity index (χ1) is 14.8. The summed E-state index contributed by atoms with van der Waals surface area (Å²) in [6.45, 7) is 2.52. The van der Waals surface area contributed by atoms with Crippen LogP contribution in [0.5, 0.6) is 5.75 Å². The van der Waals surface area contributed by atoms with Gasteiger partial charge in [-0.2, -0.15) is 4.31 Å². The first-order valence-electron chi connectivity index (χ1n) is 9.61. The average Bonchev–Trinajstić information content (AvgIpc) is 3.21. The van der Waals surface area contributed by atoms with Gasteiger partial charge in [0.1, 0.15) is 21.3 Å². The number of fused-ring (bicyclic) bond motifs is 1. The van der Waals surface area contributed by atoms with E-state index < -0.39 is 16.1 Å². The maximum Gasteiger partial charge on any atom is 0.263 e. The number of nitrogens with one attached hydrogen (secondary N) is 1. The molecule has 1 aromatic carbocycles. The Labute approximate surface area is 189 Å². The minimum atomic E-state index is -3.71. The van der Waals surface area contributed by atoms with E-state index in [9.17, 15) is 13.2 Å². The minimum absolute atomic E-state index is 0.183. The van der Waals surface area contributed by atoms with Crippen LogP contribution in [0.15, 0.2) is 47.6 Å². The fourth-order valence-corrected chi connectivity index (χ4v) is 5.41. The number of carbonyl (C=O) groups is 1. The summed E-state index contributed by atoms with van der Waals surface area (Å²) in [6, 6.07) is 8.36. The van der Waals surface area contributed by atoms with Gasteiger partial charge in [-0.3, -0.25) is 4.79 Å². The smallest absolute Gasteiger partial charge is 0.263 e. The number of halogens is 2. The van der Waals surface area contributed by atoms with Gasteiger partial charge in [-0.1, -0.05) is 29.3 Å². The molecule has 1 fully saturated rings. The van der Waals surface area contributed by atoms with Crippen molar-refractivity contribution in [2.75, 3.05) is 26.2 Å². The molecular weight excluding hydrogens is 463 g/mol. The monoisotopic (exact) mass is 482 g/mol. The molecule has 0 bridgehead atoms. The van der Waals surface area contributed by atoms with E-state index in [1.54, 1.807) is 48.4 Å². The van der Waals surface area contributed by atoms with Crippen molar-refractivity contribution in [1.29, 1.82) is 0 Å². The Balaban J connectivity index is 1.42. The van der Waals surface area contributed by atoms with Crippen molar-refractivity contribution in [3.05, 3.63) is 52.8 Å². The number of carbonyl (C=O) groups excluding carboxylic acids is 1. The summed E-state index contributed by atoms with van der Waals surface area (Å²) >= 11 is 12.1. The van der Waals surface area contributed by atoms with E-state index in [1.165, 1.54) is 10.5 Å². The van der Waals surface area contributed by atoms with Gasteiger partial charge in [0, 0.05) is 44.0 Å². The second-order valence-corrected chi connectivity index (χ2v) is 9.79. The summed E-state index contributed by atoms with van der Waals surface area (Å²) in [5.74, 6) is 0.0774. The number of piperazine rings is 1. The molecule has 3 heterocycles. The number of nitrogens with zero attached hydrogens (tertiary/aromatic N) is 3. The second kappa shape index (κ2) is 8.66. The first-order valence-corrected chi connectivity index (χ1v) is 11.8. The lowest BCUT2D eigenvalue weighted by atomic mass is 10.2. The Hall–Kier alpha value is -2.33. The molecule has 0 spiro atoms. The Morgan fingerprint density at radius 2 is 1.90 bits per heavy atom. The number of hydrogen-bond acceptors (Lipinski definition) is 5. The standard InChI is InChI=1S/C20H20Cl2N4O4S/c1-13(30-16-6-2-5-15(21)18(16)22)20(27)25-8-10-26(11-9-25)31(28,29)17-12-24-19-14(17)4-3-7-23-19/h2-7,12-13H,8-11H2,1H3,(H,23,24). The van der Waals surface area contributed by atoms with Gasteiger partial charge in [-0.25, -0.2) is 13.4 Å². The number of pyridine rings is 1. The van der Waals surface area contributed by atoms with E-state index in [4.69, 9.17) is 27.9 Å². The fourth-order valence-electron chi connectivity index (χ4n) is 3.51. The molecule has 4 rings (SSSR count). The molecule has 164 valence electrons. The highest BCUT2D eigenvalue weighted by Gasteiger charge is 2.33. The highest BCUT2D eigenvalue weighted by molar-refractivity contribution is 7.89. The third-order valence-electron chi connectivity index (χ3n) is 5.15. The number of ether oxygens (including phenoxy) is 1. The molecule has 1 aliphatic rings. The van der Waals surface area contributed by atoms with Crippen LogP contribution >= 0.6 is 23.2 Å². The number of amides is 1. The van der Waals surface area contributed by atoms with Crippen LogP contribution in [0.3, 0.4) is 0 Å². The molecule has 31 heavy (non-hydrogen) atoms. The molecule has 1 unspecified atom stereocenters. The van der Waals surface area contributed by atoms with Crippen LogP contribution in [-0.4, -0.2) is 65.8 Å². The molecule has 0 radical (unpaired) electrons. The largest absolute Gasteiger partial charge is 0.479 e. The zero-order valence-electron chi connectivity index (χ0n) is 16.6. The Morgan fingerprint density at radius 1 is 1.16 bits per heavy atom. The number of aromatic amines is 1. The molecule has 1 saturated heterocycles. The summed E-state index contributed by atoms with van der Waals surface area (Å²) in [6.07, 6.45) is 2.26. The van der Waals surface area contributed by atoms with Crippen LogP contribution in [0.4, 0.5) is 0 Å². The SMILES string of the molecule is CC(Oc1cccc(Cl)c1Cl)C(=O)N1CCN(S(=O)(=O)c2c[nH]c3ncccc23)CC1. The molecule has 3 aromatic rings. The normalized spacial score (nSPS) is 16.4. The third kappa shape index (κ3) is 4.23. The van der Waals surface area contributed by atoms with E-state index in [-0.39, 0.29) is 42.0 Å². The highest BCUT2D eigenvalue weighted by Crippen LogP contribution is 2.32. The topological polar surface area (TPSA) is 95.6 Å². The number of H-pyrrole nitrogens is 1. The van der Waals surface area contributed by atoms with Crippen LogP contribution in [0, 0.1) is 0 Å². The molecular formula is C20H20Cl2N4O4S. The molecule has 0 aliphatic carbocycles. The van der Waals surface area contributed by atoms with Crippen molar-refractivity contribution in [1.82, 2.24) is 19.2 Å². The third-order valence-corrected chi connectivity index (χ3v) is 7.89. The lowest BCUT2D eigenvalue weighted by molar-refractivity contribution is -0.139. The number of rotatable bonds is 5. The average molecular weight is 483 g/mol. The Bertz CT molecular complexity index is 1220. The van der Waals surface area contributed by atoms with Gasteiger partial charge < -0.3 is 14.6 Å². The molecule has 1 atom stereocenters. The second-order valence-electron chi connectivity index (χ2n) is 7.09. The van der Waals surface area contributed by atoms with Crippen molar-refractivity contribution in [2.24, 2.45) is 0 Å². The summed E-state index contributed by atoms with van der Waals surface area (Å²) in [7, 11) is -3.71. The summed E-state index contributed by atoms with van der Waals surface area (Å²) in [4.78, 5) is 21.6. The van der Waals surface area contributed by atoms with E-state index >= 15 is 0 Å². The van der Waals surface area contributed by atoms with Crippen molar-refractivity contribution in [3.8, 4) is 5.75 Å². The van der Waals surface area contributed by atoms with Crippen LogP contribution in [-0.2, 0) is 14.8 Å². The van der Waals surface area contributed by atoms with Gasteiger partial charge in [-0.05, 0) is 31.2 Å². The molecule has 0 saturated carbocycles. The van der Waals surface area contributed by atoms with Gasteiger partial charge in [0.15, 0.2) is 6.10 Å². The maximum absolute atomic E-state index is 13.1. The highest BCUT2D eigenvalue weighted by atomic mass is 35.5. The lowest BCUT2D eigenvalue weighted by Gasteiger charge is -2.35. The molecule has 1 amide bonds. The number of aromatic nitrogens is 2. The van der Waals surface area contributed by atoms with Crippen LogP contribution in [0.25, 0.3) is 11.0 Å². The fraction of sp³-hybridized carbons (Fsp3) is 0.300. The molecule has 11 heteroatoms. The quantitative estimate of drug-likeness (QED) is 0.602. The Morgan fingerprint density at radius 3 is 2.65 bits per heavy atom. The van der Waals surface area contributed by atoms with Gasteiger partial charge >= 0.3 is 0 Å². The summed E-state index contributed by atoms with van der Waals surface area (Å²) in [5.41, 5.74) is 0.514. The number of benzene rings is 1. The molecule has 1 aliphatic heterocycles. The zero-order chi connectivity index (χ0) is 22.2. The summed E-state index contributed by atoms with van der Waals surface area (Å²) in [5, 5.41) is 1.12. The predicted octanol–water partition coefficient (Wildman–Crippen LogP) is 3.17. The van der Waals surface area contributed by atoms with Crippen LogP contribution < -0.4 is 4.74 Å². The lowest BCUT2D eigenvalue weighted by Crippen LogP contribution is -2.53. The first kappa shape index (κ1) is 21.9. The number of sulfonamides is 1. The van der Waals surface area contributed by atoms with E-state index in [0.717, 1.165) is 0 Å². The van der Waals surface area contributed by atoms with Crippen LogP contribution in [0.1, 0.15) is 6.92 Å². The predicted molar refractivity (Wildman–Crippen MR) is 118 cm³/mol. The number of hydrogen-bond donors (Lipinski definition) is 1. The van der Waals surface area contributed by atoms with Crippen molar-refractivity contribution >= 4 is 50.2 Å². The molecule has 2 aromatic heterocycles. The van der Waals surface area contributed by atoms with Gasteiger partial charge in [-0.15, -0.1) is 0 Å². The van der Waals surface area contributed by atoms with Gasteiger partial charge in [0.2, 0.25) is 10.0 Å². The van der Waals surface area contributed by atoms with Crippen molar-refractivity contribution < 1.29 is 17.9 Å². The minimum Gasteiger partial charge on any atom is -0.479 e. The summed E-state index contributed by atoms with van der Waals surface area (Å²) < 4.78 is 33.3. The molecule has 8 nitrogen and oxygen atoms in total. The van der Waals surface area contributed by atoms with E-state index in [2.05, 4.69) is 9.97 Å². The Kier molecular flexibility index (Phi) is 6.11. The van der Waals surface area contributed by atoms with Gasteiger partial charge in [0.25, 0.3) is 5.91 Å².